The number of aliphatic hydroxyl groups is 1. The summed E-state index contributed by atoms with van der Waals surface area (Å²) in [4.78, 5) is 0.0594. The number of nitrogens with zero attached hydrogens (tertiary/aromatic N) is 1. The minimum Gasteiger partial charge on any atom is -0.392 e. The summed E-state index contributed by atoms with van der Waals surface area (Å²) in [6, 6.07) is 4.18. The molecule has 1 heterocycles. The number of benzene rings is 1. The lowest BCUT2D eigenvalue weighted by molar-refractivity contribution is 0.189. The lowest BCUT2D eigenvalue weighted by Crippen LogP contribution is -2.29. The molecule has 1 aliphatic rings. The van der Waals surface area contributed by atoms with E-state index in [0.29, 0.717) is 13.0 Å². The molecule has 0 spiro atoms. The molecule has 2 rings (SSSR count). The Morgan fingerprint density at radius 3 is 2.29 bits per heavy atom. The van der Waals surface area contributed by atoms with Crippen LogP contribution >= 0.6 is 23.2 Å². The first-order valence-corrected chi connectivity index (χ1v) is 7.23. The molecule has 1 aromatic rings. The number of hydrogen-bond acceptors (Lipinski definition) is 3. The van der Waals surface area contributed by atoms with E-state index in [2.05, 4.69) is 0 Å². The molecule has 17 heavy (non-hydrogen) atoms. The molecule has 1 saturated heterocycles. The van der Waals surface area contributed by atoms with Crippen molar-refractivity contribution in [2.45, 2.75) is 17.4 Å². The predicted molar refractivity (Wildman–Crippen MR) is 65.8 cm³/mol. The molecule has 1 aliphatic heterocycles. The molecule has 94 valence electrons. The van der Waals surface area contributed by atoms with Crippen molar-refractivity contribution in [1.29, 1.82) is 0 Å². The van der Waals surface area contributed by atoms with Crippen LogP contribution in [0.3, 0.4) is 0 Å². The highest BCUT2D eigenvalue weighted by Gasteiger charge is 2.31. The van der Waals surface area contributed by atoms with Crippen LogP contribution in [0.15, 0.2) is 23.1 Å². The Morgan fingerprint density at radius 1 is 1.24 bits per heavy atom. The zero-order chi connectivity index (χ0) is 12.6. The maximum absolute atomic E-state index is 12.2. The highest BCUT2D eigenvalue weighted by atomic mass is 35.5. The zero-order valence-electron chi connectivity index (χ0n) is 8.81. The third kappa shape index (κ3) is 2.74. The number of aliphatic hydroxyl groups excluding tert-OH is 1. The molecule has 1 atom stereocenters. The van der Waals surface area contributed by atoms with Gasteiger partial charge in [-0.15, -0.1) is 0 Å². The third-order valence-electron chi connectivity index (χ3n) is 2.60. The highest BCUT2D eigenvalue weighted by molar-refractivity contribution is 7.89. The summed E-state index contributed by atoms with van der Waals surface area (Å²) in [6.45, 7) is 0.431. The Hall–Kier alpha value is -0.330. The average Bonchev–Trinajstić information content (AvgIpc) is 2.64. The zero-order valence-corrected chi connectivity index (χ0v) is 11.1. The largest absolute Gasteiger partial charge is 0.392 e. The van der Waals surface area contributed by atoms with Crippen molar-refractivity contribution in [2.24, 2.45) is 0 Å². The molecular weight excluding hydrogens is 285 g/mol. The van der Waals surface area contributed by atoms with Crippen molar-refractivity contribution in [2.75, 3.05) is 13.1 Å². The fraction of sp³-hybridized carbons (Fsp3) is 0.400. The number of sulfonamides is 1. The van der Waals surface area contributed by atoms with Crippen LogP contribution in [-0.2, 0) is 10.0 Å². The summed E-state index contributed by atoms with van der Waals surface area (Å²) in [6.07, 6.45) is -0.146. The van der Waals surface area contributed by atoms with Crippen molar-refractivity contribution in [3.05, 3.63) is 28.2 Å². The summed E-state index contributed by atoms with van der Waals surface area (Å²) >= 11 is 11.5. The smallest absolute Gasteiger partial charge is 0.243 e. The Balaban J connectivity index is 2.38. The maximum atomic E-state index is 12.2. The van der Waals surface area contributed by atoms with E-state index in [1.54, 1.807) is 0 Å². The second-order valence-corrected chi connectivity index (χ2v) is 6.72. The topological polar surface area (TPSA) is 57.6 Å². The molecule has 0 amide bonds. The third-order valence-corrected chi connectivity index (χ3v) is 4.88. The molecule has 0 radical (unpaired) electrons. The standard InChI is InChI=1S/C10H11Cl2NO3S/c11-7-3-8(12)5-10(4-7)17(15,16)13-2-1-9(14)6-13/h3-5,9,14H,1-2,6H2/t9-/m0/s1. The highest BCUT2D eigenvalue weighted by Crippen LogP contribution is 2.26. The summed E-state index contributed by atoms with van der Waals surface area (Å²) in [5, 5.41) is 9.91. The monoisotopic (exact) mass is 295 g/mol. The van der Waals surface area contributed by atoms with Gasteiger partial charge >= 0.3 is 0 Å². The van der Waals surface area contributed by atoms with Gasteiger partial charge in [0.2, 0.25) is 10.0 Å². The second kappa shape index (κ2) is 4.74. The van der Waals surface area contributed by atoms with Crippen LogP contribution in [0.2, 0.25) is 10.0 Å². The van der Waals surface area contributed by atoms with Gasteiger partial charge < -0.3 is 5.11 Å². The summed E-state index contributed by atoms with van der Waals surface area (Å²) in [5.74, 6) is 0. The summed E-state index contributed by atoms with van der Waals surface area (Å²) in [7, 11) is -3.61. The summed E-state index contributed by atoms with van der Waals surface area (Å²) in [5.41, 5.74) is 0. The molecular formula is C10H11Cl2NO3S. The first-order chi connectivity index (χ1) is 7.89. The number of hydrogen-bond donors (Lipinski definition) is 1. The van der Waals surface area contributed by atoms with Crippen LogP contribution in [0.25, 0.3) is 0 Å². The molecule has 7 heteroatoms. The Kier molecular flexibility index (Phi) is 3.66. The molecule has 1 aromatic carbocycles. The van der Waals surface area contributed by atoms with Crippen LogP contribution in [0, 0.1) is 0 Å². The van der Waals surface area contributed by atoms with E-state index in [9.17, 15) is 13.5 Å². The SMILES string of the molecule is O=S(=O)(c1cc(Cl)cc(Cl)c1)N1CC[C@H](O)C1. The lowest BCUT2D eigenvalue weighted by Gasteiger charge is -2.16. The Labute approximate surface area is 110 Å². The predicted octanol–water partition coefficient (Wildman–Crippen LogP) is 1.75. The van der Waals surface area contributed by atoms with E-state index in [1.165, 1.54) is 22.5 Å². The molecule has 0 aliphatic carbocycles. The molecule has 0 bridgehead atoms. The Morgan fingerprint density at radius 2 is 1.82 bits per heavy atom. The lowest BCUT2D eigenvalue weighted by atomic mass is 10.3. The van der Waals surface area contributed by atoms with Gasteiger partial charge in [-0.05, 0) is 24.6 Å². The van der Waals surface area contributed by atoms with E-state index in [-0.39, 0.29) is 21.5 Å². The first kappa shape index (κ1) is 13.1. The van der Waals surface area contributed by atoms with Crippen molar-refractivity contribution in [3.8, 4) is 0 Å². The van der Waals surface area contributed by atoms with Gasteiger partial charge in [0.25, 0.3) is 0 Å². The van der Waals surface area contributed by atoms with E-state index in [1.807, 2.05) is 0 Å². The molecule has 0 unspecified atom stereocenters. The Bertz CT molecular complexity index is 512. The number of β-amino-alcohol motifs (C(OH)–C–C–N with tert-alkyl or cyclic N) is 1. The number of rotatable bonds is 2. The van der Waals surface area contributed by atoms with Crippen molar-refractivity contribution >= 4 is 33.2 Å². The van der Waals surface area contributed by atoms with E-state index in [4.69, 9.17) is 23.2 Å². The fourth-order valence-electron chi connectivity index (χ4n) is 1.76. The van der Waals surface area contributed by atoms with Gasteiger partial charge in [0.05, 0.1) is 11.0 Å². The molecule has 0 aromatic heterocycles. The van der Waals surface area contributed by atoms with E-state index in [0.717, 1.165) is 0 Å². The molecule has 0 saturated carbocycles. The van der Waals surface area contributed by atoms with Gasteiger partial charge in [0, 0.05) is 23.1 Å². The first-order valence-electron chi connectivity index (χ1n) is 5.04. The van der Waals surface area contributed by atoms with Crippen LogP contribution in [0.4, 0.5) is 0 Å². The van der Waals surface area contributed by atoms with Gasteiger partial charge in [0.15, 0.2) is 0 Å². The van der Waals surface area contributed by atoms with E-state index >= 15 is 0 Å². The fourth-order valence-corrected chi connectivity index (χ4v) is 3.97. The van der Waals surface area contributed by atoms with Crippen molar-refractivity contribution in [1.82, 2.24) is 4.31 Å². The van der Waals surface area contributed by atoms with Gasteiger partial charge in [-0.3, -0.25) is 0 Å². The minimum atomic E-state index is -3.61. The van der Waals surface area contributed by atoms with Crippen molar-refractivity contribution in [3.63, 3.8) is 0 Å². The van der Waals surface area contributed by atoms with Crippen LogP contribution in [-0.4, -0.2) is 37.0 Å². The molecule has 1 fully saturated rings. The van der Waals surface area contributed by atoms with Crippen molar-refractivity contribution < 1.29 is 13.5 Å². The maximum Gasteiger partial charge on any atom is 0.243 e. The van der Waals surface area contributed by atoms with Crippen LogP contribution < -0.4 is 0 Å². The van der Waals surface area contributed by atoms with Gasteiger partial charge in [0.1, 0.15) is 0 Å². The summed E-state index contributed by atoms with van der Waals surface area (Å²) < 4.78 is 25.6. The molecule has 4 nitrogen and oxygen atoms in total. The molecule has 1 N–H and O–H groups in total. The minimum absolute atomic E-state index is 0.0594. The van der Waals surface area contributed by atoms with Gasteiger partial charge in [-0.1, -0.05) is 23.2 Å². The normalized spacial score (nSPS) is 21.9. The van der Waals surface area contributed by atoms with Crippen LogP contribution in [0.1, 0.15) is 6.42 Å². The quantitative estimate of drug-likeness (QED) is 0.904. The van der Waals surface area contributed by atoms with Crippen LogP contribution in [0.5, 0.6) is 0 Å². The number of halogens is 2. The average molecular weight is 296 g/mol. The van der Waals surface area contributed by atoms with E-state index < -0.39 is 16.1 Å². The van der Waals surface area contributed by atoms with Gasteiger partial charge in [-0.2, -0.15) is 4.31 Å². The van der Waals surface area contributed by atoms with Gasteiger partial charge in [-0.25, -0.2) is 8.42 Å². The second-order valence-electron chi connectivity index (χ2n) is 3.91.